The summed E-state index contributed by atoms with van der Waals surface area (Å²) in [6, 6.07) is -2.41. The van der Waals surface area contributed by atoms with E-state index in [0.717, 1.165) is 13.0 Å². The van der Waals surface area contributed by atoms with Crippen molar-refractivity contribution in [3.8, 4) is 12.3 Å². The van der Waals surface area contributed by atoms with Crippen molar-refractivity contribution in [3.63, 3.8) is 0 Å². The van der Waals surface area contributed by atoms with E-state index in [2.05, 4.69) is 21.5 Å². The topological polar surface area (TPSA) is 322 Å². The average molecular weight is 909 g/mol. The standard InChI is InChI=1S/C39H68N6O18/c1-4-10-54-17-21-59-25-26-60-22-18-55-11-6-33(49)45(8-13-57-16-15-53-5-2)9-14-58-20-24-61-23-19-56-12-7-42-39(52)63-35(31(48)28-46)36-34(43-29(3)47)30(44-38(40)41)27-32(62-36)37(50)51/h1,27,30-31,34-36,46,48H,5-26,28H2,2-3H3,(H,42,52)(H,43,47)(H,50,51)(H4,40,41,44)/t30-,31+,34+,35+,36+/m0/s1. The van der Waals surface area contributed by atoms with Gasteiger partial charge in [0.05, 0.1) is 131 Å². The molecule has 1 aliphatic rings. The molecule has 63 heavy (non-hydrogen) atoms. The second-order valence-corrected chi connectivity index (χ2v) is 13.1. The second-order valence-electron chi connectivity index (χ2n) is 13.1. The molecular weight excluding hydrogens is 840 g/mol. The van der Waals surface area contributed by atoms with Gasteiger partial charge in [-0.3, -0.25) is 9.59 Å². The smallest absolute Gasteiger partial charge is 0.407 e. The number of ether oxygens (including phenoxy) is 11. The van der Waals surface area contributed by atoms with Gasteiger partial charge in [-0.2, -0.15) is 0 Å². The summed E-state index contributed by atoms with van der Waals surface area (Å²) in [4.78, 5) is 55.0. The lowest BCUT2D eigenvalue weighted by atomic mass is 9.92. The van der Waals surface area contributed by atoms with Crippen LogP contribution >= 0.6 is 0 Å². The number of amides is 3. The predicted molar refractivity (Wildman–Crippen MR) is 222 cm³/mol. The highest BCUT2D eigenvalue weighted by Gasteiger charge is 2.46. The largest absolute Gasteiger partial charge is 0.477 e. The number of alkyl carbamates (subject to hydrolysis) is 1. The lowest BCUT2D eigenvalue weighted by molar-refractivity contribution is -0.146. The van der Waals surface area contributed by atoms with E-state index in [1.165, 1.54) is 0 Å². The Morgan fingerprint density at radius 3 is 1.83 bits per heavy atom. The molecule has 0 aromatic carbocycles. The summed E-state index contributed by atoms with van der Waals surface area (Å²) in [5, 5.41) is 34.7. The number of guanidine groups is 1. The number of aliphatic carboxylic acids is 1. The SMILES string of the molecule is C#CCOCCOCCOCCOCCC(=O)N(CCOCCOCC)CCOCCOCCOCCNC(=O)O[C@@H]([C@@H]1OC(C(=O)O)=C[C@H](N=C(N)N)[C@H]1NC(C)=O)[C@H](O)CO. The number of hydrogen-bond donors (Lipinski definition) is 7. The van der Waals surface area contributed by atoms with Gasteiger partial charge in [-0.1, -0.05) is 5.92 Å². The fourth-order valence-electron chi connectivity index (χ4n) is 5.38. The number of rotatable bonds is 39. The molecule has 0 bridgehead atoms. The third-order valence-corrected chi connectivity index (χ3v) is 8.28. The Morgan fingerprint density at radius 2 is 1.33 bits per heavy atom. The number of terminal acetylenes is 1. The van der Waals surface area contributed by atoms with E-state index in [-0.39, 0.29) is 71.7 Å². The van der Waals surface area contributed by atoms with Gasteiger partial charge in [-0.05, 0) is 13.0 Å². The quantitative estimate of drug-likeness (QED) is 0.0140. The number of carbonyl (C=O) groups excluding carboxylic acids is 3. The van der Waals surface area contributed by atoms with Crippen LogP contribution in [0.5, 0.6) is 0 Å². The van der Waals surface area contributed by atoms with Gasteiger partial charge in [0.25, 0.3) is 0 Å². The fourth-order valence-corrected chi connectivity index (χ4v) is 5.38. The Bertz CT molecular complexity index is 1370. The van der Waals surface area contributed by atoms with Crippen molar-refractivity contribution in [3.05, 3.63) is 11.8 Å². The highest BCUT2D eigenvalue weighted by molar-refractivity contribution is 5.85. The van der Waals surface area contributed by atoms with E-state index in [1.807, 2.05) is 6.92 Å². The number of aliphatic hydroxyl groups excluding tert-OH is 2. The van der Waals surface area contributed by atoms with Gasteiger partial charge in [0.2, 0.25) is 17.6 Å². The van der Waals surface area contributed by atoms with Crippen molar-refractivity contribution >= 4 is 29.8 Å². The molecule has 0 unspecified atom stereocenters. The highest BCUT2D eigenvalue weighted by Crippen LogP contribution is 2.26. The molecule has 9 N–H and O–H groups in total. The first-order valence-electron chi connectivity index (χ1n) is 20.6. The molecule has 1 rings (SSSR count). The van der Waals surface area contributed by atoms with E-state index in [4.69, 9.17) is 70.0 Å². The van der Waals surface area contributed by atoms with E-state index in [1.54, 1.807) is 4.90 Å². The number of carboxylic acid groups (broad SMARTS) is 1. The molecular formula is C39H68N6O18. The van der Waals surface area contributed by atoms with E-state index < -0.39 is 66.7 Å². The van der Waals surface area contributed by atoms with Crippen molar-refractivity contribution in [2.45, 2.75) is 50.7 Å². The minimum absolute atomic E-state index is 0.0358. The number of hydrogen-bond acceptors (Lipinski definition) is 18. The minimum Gasteiger partial charge on any atom is -0.477 e. The zero-order chi connectivity index (χ0) is 46.5. The predicted octanol–water partition coefficient (Wildman–Crippen LogP) is -3.03. The van der Waals surface area contributed by atoms with Crippen LogP contribution in [0.4, 0.5) is 4.79 Å². The van der Waals surface area contributed by atoms with Gasteiger partial charge in [0.15, 0.2) is 18.2 Å². The molecule has 1 heterocycles. The molecule has 0 fully saturated rings. The number of carboxylic acids is 1. The first-order valence-corrected chi connectivity index (χ1v) is 20.6. The van der Waals surface area contributed by atoms with Crippen LogP contribution in [0, 0.1) is 12.3 Å². The van der Waals surface area contributed by atoms with Crippen LogP contribution in [0.15, 0.2) is 16.8 Å². The number of carbonyl (C=O) groups is 4. The highest BCUT2D eigenvalue weighted by atomic mass is 16.6. The minimum atomic E-state index is -1.77. The first-order chi connectivity index (χ1) is 30.4. The molecule has 24 heteroatoms. The zero-order valence-electron chi connectivity index (χ0n) is 36.3. The van der Waals surface area contributed by atoms with Gasteiger partial charge >= 0.3 is 12.1 Å². The first kappa shape index (κ1) is 56.6. The lowest BCUT2D eigenvalue weighted by Crippen LogP contribution is -2.61. The molecule has 0 saturated heterocycles. The van der Waals surface area contributed by atoms with Crippen LogP contribution in [0.25, 0.3) is 0 Å². The molecule has 0 saturated carbocycles. The van der Waals surface area contributed by atoms with E-state index in [9.17, 15) is 34.5 Å². The molecule has 5 atom stereocenters. The molecule has 362 valence electrons. The maximum Gasteiger partial charge on any atom is 0.407 e. The average Bonchev–Trinajstić information content (AvgIpc) is 3.25. The molecule has 3 amide bonds. The third kappa shape index (κ3) is 28.1. The number of nitrogens with two attached hydrogens (primary N) is 2. The molecule has 1 aliphatic heterocycles. The Kier molecular flexibility index (Phi) is 33.3. The number of nitrogens with one attached hydrogen (secondary N) is 2. The molecule has 0 aromatic heterocycles. The Hall–Kier alpha value is -4.39. The molecule has 0 aliphatic carbocycles. The van der Waals surface area contributed by atoms with Crippen molar-refractivity contribution in [1.82, 2.24) is 15.5 Å². The van der Waals surface area contributed by atoms with Crippen molar-refractivity contribution < 1.29 is 86.6 Å². The van der Waals surface area contributed by atoms with Gasteiger partial charge in [0, 0.05) is 33.2 Å². The normalized spacial score (nSPS) is 16.7. The van der Waals surface area contributed by atoms with Gasteiger partial charge in [-0.15, -0.1) is 6.42 Å². The van der Waals surface area contributed by atoms with Crippen LogP contribution in [-0.4, -0.2) is 226 Å². The number of aliphatic hydroxyl groups is 2. The second kappa shape index (κ2) is 37.0. The summed E-state index contributed by atoms with van der Waals surface area (Å²) in [6.07, 6.45) is 0.256. The van der Waals surface area contributed by atoms with Crippen LogP contribution < -0.4 is 22.1 Å². The van der Waals surface area contributed by atoms with Gasteiger partial charge in [0.1, 0.15) is 12.7 Å². The Morgan fingerprint density at radius 1 is 0.825 bits per heavy atom. The zero-order valence-corrected chi connectivity index (χ0v) is 36.3. The van der Waals surface area contributed by atoms with E-state index >= 15 is 0 Å². The third-order valence-electron chi connectivity index (χ3n) is 8.28. The monoisotopic (exact) mass is 908 g/mol. The number of aliphatic imine (C=N–C) groups is 1. The summed E-state index contributed by atoms with van der Waals surface area (Å²) in [5.41, 5.74) is 11.0. The van der Waals surface area contributed by atoms with Crippen LogP contribution in [-0.2, 0) is 66.5 Å². The summed E-state index contributed by atoms with van der Waals surface area (Å²) in [6.45, 7) is 8.68. The maximum absolute atomic E-state index is 12.9. The molecule has 0 radical (unpaired) electrons. The van der Waals surface area contributed by atoms with Crippen LogP contribution in [0.2, 0.25) is 0 Å². The molecule has 0 spiro atoms. The van der Waals surface area contributed by atoms with Gasteiger partial charge < -0.3 is 94.4 Å². The summed E-state index contributed by atoms with van der Waals surface area (Å²) >= 11 is 0. The summed E-state index contributed by atoms with van der Waals surface area (Å²) in [5.74, 6) is -0.924. The molecule has 24 nitrogen and oxygen atoms in total. The van der Waals surface area contributed by atoms with Gasteiger partial charge in [-0.25, -0.2) is 14.6 Å². The Labute approximate surface area is 368 Å². The number of nitrogens with zero attached hydrogens (tertiary/aromatic N) is 2. The fraction of sp³-hybridized carbons (Fsp3) is 0.769. The van der Waals surface area contributed by atoms with Crippen LogP contribution in [0.1, 0.15) is 20.3 Å². The van der Waals surface area contributed by atoms with Crippen LogP contribution in [0.3, 0.4) is 0 Å². The van der Waals surface area contributed by atoms with Crippen molar-refractivity contribution in [2.24, 2.45) is 16.5 Å². The van der Waals surface area contributed by atoms with Crippen molar-refractivity contribution in [1.29, 1.82) is 0 Å². The van der Waals surface area contributed by atoms with Crippen molar-refractivity contribution in [2.75, 3.05) is 145 Å². The Balaban J connectivity index is 2.39. The maximum atomic E-state index is 12.9. The summed E-state index contributed by atoms with van der Waals surface area (Å²) in [7, 11) is 0. The van der Waals surface area contributed by atoms with E-state index in [0.29, 0.717) is 79.2 Å². The summed E-state index contributed by atoms with van der Waals surface area (Å²) < 4.78 is 59.9. The molecule has 0 aromatic rings. The lowest BCUT2D eigenvalue weighted by Gasteiger charge is -2.39.